The van der Waals surface area contributed by atoms with Crippen molar-refractivity contribution in [1.82, 2.24) is 15.5 Å². The summed E-state index contributed by atoms with van der Waals surface area (Å²) in [6, 6.07) is 0.484. The van der Waals surface area contributed by atoms with Gasteiger partial charge in [-0.1, -0.05) is 0 Å². The number of amides is 1. The Hall–Kier alpha value is -1.34. The predicted molar refractivity (Wildman–Crippen MR) is 87.2 cm³/mol. The van der Waals surface area contributed by atoms with Gasteiger partial charge in [0.15, 0.2) is 11.7 Å². The highest BCUT2D eigenvalue weighted by Gasteiger charge is 2.43. The van der Waals surface area contributed by atoms with Gasteiger partial charge in [-0.3, -0.25) is 4.79 Å². The maximum atomic E-state index is 11.7. The van der Waals surface area contributed by atoms with Gasteiger partial charge in [-0.15, -0.1) is 0 Å². The van der Waals surface area contributed by atoms with Crippen LogP contribution in [0.3, 0.4) is 0 Å². The average Bonchev–Trinajstić information content (AvgIpc) is 3.08. The average molecular weight is 324 g/mol. The van der Waals surface area contributed by atoms with Crippen LogP contribution in [0, 0.1) is 0 Å². The molecule has 0 aromatic carbocycles. The van der Waals surface area contributed by atoms with E-state index >= 15 is 0 Å². The van der Waals surface area contributed by atoms with E-state index in [0.717, 1.165) is 25.7 Å². The molecule has 2 N–H and O–H groups in total. The van der Waals surface area contributed by atoms with Gasteiger partial charge < -0.3 is 25.0 Å². The second-order valence-electron chi connectivity index (χ2n) is 6.92. The molecule has 0 radical (unpaired) electrons. The number of aliphatic imine (C=N–C) groups is 1. The Balaban J connectivity index is 1.48. The molecule has 0 aromatic rings. The number of hydrogen-bond acceptors (Lipinski definition) is 4. The number of ether oxygens (including phenoxy) is 2. The highest BCUT2D eigenvalue weighted by Crippen LogP contribution is 2.38. The molecule has 3 fully saturated rings. The summed E-state index contributed by atoms with van der Waals surface area (Å²) in [6.45, 7) is 1.43. The molecule has 23 heavy (non-hydrogen) atoms. The fraction of sp³-hybridized carbons (Fsp3) is 0.875. The summed E-state index contributed by atoms with van der Waals surface area (Å²) in [6.07, 6.45) is 6.74. The molecular formula is C16H28N4O3. The van der Waals surface area contributed by atoms with Crippen LogP contribution in [0.15, 0.2) is 4.99 Å². The maximum Gasteiger partial charge on any atom is 0.243 e. The summed E-state index contributed by atoms with van der Waals surface area (Å²) in [7, 11) is 3.48. The summed E-state index contributed by atoms with van der Waals surface area (Å²) in [5.74, 6) is 0.361. The summed E-state index contributed by atoms with van der Waals surface area (Å²) in [5.41, 5.74) is 0. The van der Waals surface area contributed by atoms with E-state index in [0.29, 0.717) is 25.2 Å². The molecule has 130 valence electrons. The molecule has 1 aliphatic heterocycles. The molecule has 2 saturated carbocycles. The zero-order valence-electron chi connectivity index (χ0n) is 14.1. The van der Waals surface area contributed by atoms with E-state index < -0.39 is 0 Å². The Bertz CT molecular complexity index is 456. The van der Waals surface area contributed by atoms with Crippen LogP contribution in [0.25, 0.3) is 0 Å². The van der Waals surface area contributed by atoms with E-state index in [-0.39, 0.29) is 24.3 Å². The van der Waals surface area contributed by atoms with Gasteiger partial charge in [0.1, 0.15) is 12.6 Å². The van der Waals surface area contributed by atoms with Crippen molar-refractivity contribution in [1.29, 1.82) is 0 Å². The lowest BCUT2D eigenvalue weighted by atomic mass is 10.2. The number of rotatable bonds is 5. The Morgan fingerprint density at radius 2 is 2.04 bits per heavy atom. The third-order valence-electron chi connectivity index (χ3n) is 4.57. The van der Waals surface area contributed by atoms with Crippen molar-refractivity contribution < 1.29 is 14.3 Å². The Labute approximate surface area is 137 Å². The van der Waals surface area contributed by atoms with Crippen molar-refractivity contribution in [3.63, 3.8) is 0 Å². The fourth-order valence-corrected chi connectivity index (χ4v) is 2.97. The third kappa shape index (κ3) is 4.57. The van der Waals surface area contributed by atoms with Crippen LogP contribution in [-0.2, 0) is 14.3 Å². The molecule has 3 aliphatic rings. The van der Waals surface area contributed by atoms with Crippen LogP contribution < -0.4 is 10.6 Å². The minimum Gasteiger partial charge on any atom is -0.354 e. The normalized spacial score (nSPS) is 26.5. The Kier molecular flexibility index (Phi) is 5.06. The van der Waals surface area contributed by atoms with Crippen LogP contribution in [0.1, 0.15) is 38.5 Å². The van der Waals surface area contributed by atoms with Crippen molar-refractivity contribution in [3.05, 3.63) is 0 Å². The van der Waals surface area contributed by atoms with Crippen LogP contribution in [-0.4, -0.2) is 68.5 Å². The highest BCUT2D eigenvalue weighted by molar-refractivity contribution is 5.85. The highest BCUT2D eigenvalue weighted by atomic mass is 16.7. The van der Waals surface area contributed by atoms with Gasteiger partial charge in [0.2, 0.25) is 5.91 Å². The number of carbonyl (C=O) groups is 1. The SMILES string of the molecule is CN(C)C(=O)CN=C(NCC1COC2(CCCC2)O1)NC1CC1. The largest absolute Gasteiger partial charge is 0.354 e. The molecule has 3 rings (SSSR count). The van der Waals surface area contributed by atoms with Gasteiger partial charge in [-0.25, -0.2) is 4.99 Å². The first kappa shape index (κ1) is 16.5. The number of hydrogen-bond donors (Lipinski definition) is 2. The lowest BCUT2D eigenvalue weighted by Crippen LogP contribution is -2.43. The molecule has 1 unspecified atom stereocenters. The number of likely N-dealkylation sites (N-methyl/N-ethyl adjacent to an activating group) is 1. The number of guanidine groups is 1. The standard InChI is InChI=1S/C16H28N4O3/c1-20(2)14(21)10-18-15(19-12-5-6-12)17-9-13-11-22-16(23-13)7-3-4-8-16/h12-13H,3-11H2,1-2H3,(H2,17,18,19). The molecule has 1 amide bonds. The zero-order valence-corrected chi connectivity index (χ0v) is 14.1. The van der Waals surface area contributed by atoms with E-state index in [4.69, 9.17) is 9.47 Å². The zero-order chi connectivity index (χ0) is 16.3. The monoisotopic (exact) mass is 324 g/mol. The topological polar surface area (TPSA) is 75.2 Å². The van der Waals surface area contributed by atoms with Gasteiger partial charge in [0.25, 0.3) is 0 Å². The molecule has 1 atom stereocenters. The van der Waals surface area contributed by atoms with Crippen LogP contribution in [0.5, 0.6) is 0 Å². The molecule has 7 heteroatoms. The van der Waals surface area contributed by atoms with Crippen molar-refractivity contribution in [3.8, 4) is 0 Å². The Morgan fingerprint density at radius 1 is 1.30 bits per heavy atom. The lowest BCUT2D eigenvalue weighted by molar-refractivity contribution is -0.160. The number of carbonyl (C=O) groups excluding carboxylic acids is 1. The van der Waals surface area contributed by atoms with E-state index in [1.807, 2.05) is 0 Å². The minimum atomic E-state index is -0.325. The van der Waals surface area contributed by atoms with E-state index in [1.165, 1.54) is 12.8 Å². The second-order valence-corrected chi connectivity index (χ2v) is 6.92. The van der Waals surface area contributed by atoms with E-state index in [9.17, 15) is 4.79 Å². The minimum absolute atomic E-state index is 0.00717. The summed E-state index contributed by atoms with van der Waals surface area (Å²) in [4.78, 5) is 17.6. The molecule has 1 heterocycles. The summed E-state index contributed by atoms with van der Waals surface area (Å²) in [5, 5.41) is 6.64. The van der Waals surface area contributed by atoms with Crippen molar-refractivity contribution in [2.24, 2.45) is 4.99 Å². The first-order chi connectivity index (χ1) is 11.1. The van der Waals surface area contributed by atoms with Crippen LogP contribution in [0.2, 0.25) is 0 Å². The van der Waals surface area contributed by atoms with Gasteiger partial charge >= 0.3 is 0 Å². The molecule has 2 aliphatic carbocycles. The molecule has 1 spiro atoms. The lowest BCUT2D eigenvalue weighted by Gasteiger charge is -2.22. The molecule has 7 nitrogen and oxygen atoms in total. The molecule has 0 aromatic heterocycles. The molecular weight excluding hydrogens is 296 g/mol. The van der Waals surface area contributed by atoms with E-state index in [1.54, 1.807) is 19.0 Å². The maximum absolute atomic E-state index is 11.7. The van der Waals surface area contributed by atoms with Crippen LogP contribution in [0.4, 0.5) is 0 Å². The molecule has 0 bridgehead atoms. The molecule has 1 saturated heterocycles. The second kappa shape index (κ2) is 7.05. The van der Waals surface area contributed by atoms with Crippen molar-refractivity contribution in [2.45, 2.75) is 56.5 Å². The predicted octanol–water partition coefficient (Wildman–Crippen LogP) is 0.458. The van der Waals surface area contributed by atoms with Crippen molar-refractivity contribution >= 4 is 11.9 Å². The smallest absolute Gasteiger partial charge is 0.243 e. The Morgan fingerprint density at radius 3 is 2.70 bits per heavy atom. The quantitative estimate of drug-likeness (QED) is 0.568. The fourth-order valence-electron chi connectivity index (χ4n) is 2.97. The van der Waals surface area contributed by atoms with Gasteiger partial charge in [0.05, 0.1) is 6.61 Å². The van der Waals surface area contributed by atoms with Gasteiger partial charge in [-0.05, 0) is 25.7 Å². The summed E-state index contributed by atoms with van der Waals surface area (Å²) >= 11 is 0. The van der Waals surface area contributed by atoms with Gasteiger partial charge in [-0.2, -0.15) is 0 Å². The van der Waals surface area contributed by atoms with Crippen molar-refractivity contribution in [2.75, 3.05) is 33.8 Å². The van der Waals surface area contributed by atoms with Crippen LogP contribution >= 0.6 is 0 Å². The van der Waals surface area contributed by atoms with Gasteiger partial charge in [0, 0.05) is 39.5 Å². The first-order valence-electron chi connectivity index (χ1n) is 8.63. The first-order valence-corrected chi connectivity index (χ1v) is 8.63. The number of nitrogens with zero attached hydrogens (tertiary/aromatic N) is 2. The summed E-state index contributed by atoms with van der Waals surface area (Å²) < 4.78 is 12.0. The van der Waals surface area contributed by atoms with E-state index in [2.05, 4.69) is 15.6 Å². The third-order valence-corrected chi connectivity index (χ3v) is 4.57. The number of nitrogens with one attached hydrogen (secondary N) is 2.